The summed E-state index contributed by atoms with van der Waals surface area (Å²) in [5.41, 5.74) is 0.125. The first-order valence-electron chi connectivity index (χ1n) is 5.24. The lowest BCUT2D eigenvalue weighted by Gasteiger charge is -2.22. The average Bonchev–Trinajstić information content (AvgIpc) is 2.35. The van der Waals surface area contributed by atoms with E-state index in [-0.39, 0.29) is 17.6 Å². The Labute approximate surface area is 108 Å². The second kappa shape index (κ2) is 5.71. The highest BCUT2D eigenvalue weighted by atomic mass is 35.5. The van der Waals surface area contributed by atoms with E-state index >= 15 is 0 Å². The Kier molecular flexibility index (Phi) is 4.25. The summed E-state index contributed by atoms with van der Waals surface area (Å²) in [4.78, 5) is 11.8. The number of hydrogen-bond donors (Lipinski definition) is 2. The van der Waals surface area contributed by atoms with Gasteiger partial charge in [-0.05, 0) is 18.2 Å². The highest BCUT2D eigenvalue weighted by molar-refractivity contribution is 7.99. The number of anilines is 1. The lowest BCUT2D eigenvalue weighted by Crippen LogP contribution is -2.46. The maximum atomic E-state index is 13.4. The van der Waals surface area contributed by atoms with E-state index in [1.807, 2.05) is 0 Å². The van der Waals surface area contributed by atoms with Crippen LogP contribution in [0.25, 0.3) is 0 Å². The van der Waals surface area contributed by atoms with Gasteiger partial charge in [-0.15, -0.1) is 0 Å². The minimum Gasteiger partial charge on any atom is -0.322 e. The van der Waals surface area contributed by atoms with Gasteiger partial charge >= 0.3 is 0 Å². The number of hydrogen-bond acceptors (Lipinski definition) is 3. The van der Waals surface area contributed by atoms with Crippen LogP contribution in [0, 0.1) is 5.82 Å². The van der Waals surface area contributed by atoms with E-state index in [1.54, 1.807) is 11.8 Å². The first-order valence-corrected chi connectivity index (χ1v) is 6.77. The number of carbonyl (C=O) groups is 1. The molecule has 3 nitrogen and oxygen atoms in total. The molecule has 17 heavy (non-hydrogen) atoms. The summed E-state index contributed by atoms with van der Waals surface area (Å²) >= 11 is 7.45. The van der Waals surface area contributed by atoms with Gasteiger partial charge in [0.25, 0.3) is 0 Å². The van der Waals surface area contributed by atoms with Gasteiger partial charge in [0.15, 0.2) is 0 Å². The monoisotopic (exact) mass is 274 g/mol. The van der Waals surface area contributed by atoms with Crippen molar-refractivity contribution in [3.05, 3.63) is 29.0 Å². The van der Waals surface area contributed by atoms with Crippen molar-refractivity contribution < 1.29 is 9.18 Å². The third kappa shape index (κ3) is 3.34. The molecule has 0 radical (unpaired) electrons. The molecule has 2 N–H and O–H groups in total. The van der Waals surface area contributed by atoms with Crippen molar-refractivity contribution in [2.45, 2.75) is 6.04 Å². The molecule has 1 unspecified atom stereocenters. The molecule has 1 amide bonds. The van der Waals surface area contributed by atoms with Crippen molar-refractivity contribution in [1.29, 1.82) is 0 Å². The Morgan fingerprint density at radius 2 is 2.41 bits per heavy atom. The number of nitrogens with one attached hydrogen (secondary N) is 2. The van der Waals surface area contributed by atoms with E-state index in [2.05, 4.69) is 10.6 Å². The van der Waals surface area contributed by atoms with Gasteiger partial charge in [-0.2, -0.15) is 11.8 Å². The van der Waals surface area contributed by atoms with Gasteiger partial charge < -0.3 is 10.6 Å². The summed E-state index contributed by atoms with van der Waals surface area (Å²) in [7, 11) is 0. The lowest BCUT2D eigenvalue weighted by atomic mass is 10.2. The van der Waals surface area contributed by atoms with Crippen molar-refractivity contribution in [1.82, 2.24) is 5.32 Å². The van der Waals surface area contributed by atoms with Crippen molar-refractivity contribution in [3.63, 3.8) is 0 Å². The normalized spacial score (nSPS) is 20.0. The molecular weight excluding hydrogens is 263 g/mol. The Bertz CT molecular complexity index is 424. The SMILES string of the molecule is O=C(Nc1cc(Cl)ccc1F)C1CSCCN1. The van der Waals surface area contributed by atoms with Gasteiger partial charge in [-0.25, -0.2) is 4.39 Å². The quantitative estimate of drug-likeness (QED) is 0.868. The highest BCUT2D eigenvalue weighted by Gasteiger charge is 2.21. The number of thioether (sulfide) groups is 1. The van der Waals surface area contributed by atoms with Crippen LogP contribution in [-0.4, -0.2) is 30.0 Å². The van der Waals surface area contributed by atoms with Crippen LogP contribution < -0.4 is 10.6 Å². The number of halogens is 2. The summed E-state index contributed by atoms with van der Waals surface area (Å²) in [5, 5.41) is 6.03. The second-order valence-corrected chi connectivity index (χ2v) is 5.28. The standard InChI is InChI=1S/C11H12ClFN2OS/c12-7-1-2-8(13)9(5-7)15-11(16)10-6-17-4-3-14-10/h1-2,5,10,14H,3-4,6H2,(H,15,16). The molecule has 1 aromatic carbocycles. The average molecular weight is 275 g/mol. The van der Waals surface area contributed by atoms with Crippen molar-refractivity contribution in [2.75, 3.05) is 23.4 Å². The largest absolute Gasteiger partial charge is 0.322 e. The molecule has 92 valence electrons. The molecule has 1 saturated heterocycles. The molecule has 2 rings (SSSR count). The van der Waals surface area contributed by atoms with Crippen LogP contribution in [0.2, 0.25) is 5.02 Å². The number of benzene rings is 1. The van der Waals surface area contributed by atoms with Crippen molar-refractivity contribution in [3.8, 4) is 0 Å². The topological polar surface area (TPSA) is 41.1 Å². The van der Waals surface area contributed by atoms with Gasteiger partial charge in [0, 0.05) is 23.1 Å². The smallest absolute Gasteiger partial charge is 0.242 e. The Balaban J connectivity index is 2.04. The summed E-state index contributed by atoms with van der Waals surface area (Å²) in [6.45, 7) is 0.792. The molecule has 1 aromatic rings. The number of rotatable bonds is 2. The third-order valence-electron chi connectivity index (χ3n) is 2.42. The van der Waals surface area contributed by atoms with Crippen LogP contribution in [0.3, 0.4) is 0 Å². The van der Waals surface area contributed by atoms with Crippen LogP contribution in [0.1, 0.15) is 0 Å². The summed E-state index contributed by atoms with van der Waals surface area (Å²) in [6, 6.07) is 3.82. The van der Waals surface area contributed by atoms with Gasteiger partial charge in [0.2, 0.25) is 5.91 Å². The summed E-state index contributed by atoms with van der Waals surface area (Å²) < 4.78 is 13.4. The van der Waals surface area contributed by atoms with E-state index in [4.69, 9.17) is 11.6 Å². The van der Waals surface area contributed by atoms with Gasteiger partial charge in [-0.3, -0.25) is 4.79 Å². The molecule has 0 aromatic heterocycles. The van der Waals surface area contributed by atoms with E-state index < -0.39 is 5.82 Å². The minimum absolute atomic E-state index is 0.125. The fourth-order valence-corrected chi connectivity index (χ4v) is 2.65. The minimum atomic E-state index is -0.480. The van der Waals surface area contributed by atoms with Crippen LogP contribution in [0.15, 0.2) is 18.2 Å². The fraction of sp³-hybridized carbons (Fsp3) is 0.364. The molecule has 1 aliphatic rings. The van der Waals surface area contributed by atoms with E-state index in [0.29, 0.717) is 10.8 Å². The molecular formula is C11H12ClFN2OS. The van der Waals surface area contributed by atoms with Crippen LogP contribution in [0.4, 0.5) is 10.1 Å². The Morgan fingerprint density at radius 3 is 3.12 bits per heavy atom. The zero-order chi connectivity index (χ0) is 12.3. The van der Waals surface area contributed by atoms with E-state index in [9.17, 15) is 9.18 Å². The summed E-state index contributed by atoms with van der Waals surface area (Å²) in [6.07, 6.45) is 0. The Hall–Kier alpha value is -0.780. The van der Waals surface area contributed by atoms with Crippen LogP contribution >= 0.6 is 23.4 Å². The predicted octanol–water partition coefficient (Wildman–Crippen LogP) is 2.12. The predicted molar refractivity (Wildman–Crippen MR) is 69.2 cm³/mol. The van der Waals surface area contributed by atoms with E-state index in [1.165, 1.54) is 18.2 Å². The number of carbonyl (C=O) groups excluding carboxylic acids is 1. The second-order valence-electron chi connectivity index (χ2n) is 3.70. The first kappa shape index (κ1) is 12.7. The Morgan fingerprint density at radius 1 is 1.59 bits per heavy atom. The molecule has 0 spiro atoms. The van der Waals surface area contributed by atoms with E-state index in [0.717, 1.165) is 12.3 Å². The summed E-state index contributed by atoms with van der Waals surface area (Å²) in [5.74, 6) is 0.994. The van der Waals surface area contributed by atoms with Crippen molar-refractivity contribution in [2.24, 2.45) is 0 Å². The molecule has 0 aliphatic carbocycles. The van der Waals surface area contributed by atoms with Crippen LogP contribution in [-0.2, 0) is 4.79 Å². The maximum absolute atomic E-state index is 13.4. The third-order valence-corrected chi connectivity index (χ3v) is 3.72. The van der Waals surface area contributed by atoms with Crippen molar-refractivity contribution >= 4 is 35.0 Å². The molecule has 1 aliphatic heterocycles. The van der Waals surface area contributed by atoms with Crippen LogP contribution in [0.5, 0.6) is 0 Å². The highest BCUT2D eigenvalue weighted by Crippen LogP contribution is 2.20. The molecule has 0 bridgehead atoms. The van der Waals surface area contributed by atoms with Gasteiger partial charge in [-0.1, -0.05) is 11.6 Å². The zero-order valence-electron chi connectivity index (χ0n) is 9.00. The molecule has 1 fully saturated rings. The fourth-order valence-electron chi connectivity index (χ4n) is 1.55. The molecule has 0 saturated carbocycles. The van der Waals surface area contributed by atoms with Gasteiger partial charge in [0.1, 0.15) is 5.82 Å². The zero-order valence-corrected chi connectivity index (χ0v) is 10.6. The lowest BCUT2D eigenvalue weighted by molar-refractivity contribution is -0.117. The molecule has 1 heterocycles. The van der Waals surface area contributed by atoms with Gasteiger partial charge in [0.05, 0.1) is 11.7 Å². The number of amides is 1. The first-order chi connectivity index (χ1) is 8.16. The molecule has 1 atom stereocenters. The molecule has 6 heteroatoms. The maximum Gasteiger partial charge on any atom is 0.242 e.